The molecule has 0 N–H and O–H groups in total. The number of nitriles is 1. The lowest BCUT2D eigenvalue weighted by molar-refractivity contribution is 0.584. The molecule has 0 radical (unpaired) electrons. The Morgan fingerprint density at radius 1 is 1.29 bits per heavy atom. The lowest BCUT2D eigenvalue weighted by Gasteiger charge is -2.20. The maximum atomic E-state index is 11.9. The zero-order valence-corrected chi connectivity index (χ0v) is 11.4. The molecule has 0 saturated heterocycles. The summed E-state index contributed by atoms with van der Waals surface area (Å²) >= 11 is 0. The molecule has 0 aromatic heterocycles. The maximum absolute atomic E-state index is 11.9. The Morgan fingerprint density at radius 3 is 2.35 bits per heavy atom. The van der Waals surface area contributed by atoms with E-state index in [2.05, 4.69) is 0 Å². The van der Waals surface area contributed by atoms with Crippen molar-refractivity contribution < 1.29 is 8.42 Å². The van der Waals surface area contributed by atoms with E-state index in [0.717, 1.165) is 5.56 Å². The molecular formula is C13H17NO2S. The van der Waals surface area contributed by atoms with Gasteiger partial charge in [0.1, 0.15) is 5.75 Å². The van der Waals surface area contributed by atoms with Gasteiger partial charge >= 0.3 is 0 Å². The molecule has 3 nitrogen and oxygen atoms in total. The van der Waals surface area contributed by atoms with E-state index in [1.807, 2.05) is 26.8 Å². The van der Waals surface area contributed by atoms with Gasteiger partial charge in [-0.1, -0.05) is 32.9 Å². The highest BCUT2D eigenvalue weighted by Gasteiger charge is 2.21. The van der Waals surface area contributed by atoms with E-state index in [4.69, 9.17) is 5.26 Å². The van der Waals surface area contributed by atoms with E-state index in [1.165, 1.54) is 0 Å². The number of hydrogen-bond acceptors (Lipinski definition) is 3. The van der Waals surface area contributed by atoms with Gasteiger partial charge in [0.25, 0.3) is 0 Å². The Hall–Kier alpha value is -1.34. The fraction of sp³-hybridized carbons (Fsp3) is 0.462. The summed E-state index contributed by atoms with van der Waals surface area (Å²) in [5.41, 5.74) is 1.54. The summed E-state index contributed by atoms with van der Waals surface area (Å²) in [6.07, 6.45) is 0. The van der Waals surface area contributed by atoms with Gasteiger partial charge in [0.05, 0.1) is 11.0 Å². The van der Waals surface area contributed by atoms with Crippen molar-refractivity contribution in [2.75, 3.05) is 5.75 Å². The Labute approximate surface area is 103 Å². The number of aryl methyl sites for hydroxylation is 1. The minimum Gasteiger partial charge on any atom is -0.223 e. The summed E-state index contributed by atoms with van der Waals surface area (Å²) in [5, 5.41) is 8.55. The van der Waals surface area contributed by atoms with Crippen molar-refractivity contribution in [2.24, 2.45) is 0 Å². The van der Waals surface area contributed by atoms with Crippen molar-refractivity contribution in [1.29, 1.82) is 5.26 Å². The second kappa shape index (κ2) is 4.50. The van der Waals surface area contributed by atoms with Gasteiger partial charge in [-0.3, -0.25) is 0 Å². The first-order valence-corrected chi connectivity index (χ1v) is 7.04. The predicted octanol–water partition coefficient (Wildman–Crippen LogP) is 2.59. The van der Waals surface area contributed by atoms with Gasteiger partial charge in [0.2, 0.25) is 0 Å². The Balaban J connectivity index is 3.41. The molecule has 0 saturated carbocycles. The van der Waals surface area contributed by atoms with Crippen molar-refractivity contribution in [1.82, 2.24) is 0 Å². The first-order valence-electron chi connectivity index (χ1n) is 5.39. The first kappa shape index (κ1) is 13.7. The van der Waals surface area contributed by atoms with Crippen LogP contribution in [0.3, 0.4) is 0 Å². The van der Waals surface area contributed by atoms with Crippen LogP contribution < -0.4 is 0 Å². The molecule has 4 heteroatoms. The minimum absolute atomic E-state index is 0.107. The van der Waals surface area contributed by atoms with Gasteiger partial charge in [0, 0.05) is 0 Å². The van der Waals surface area contributed by atoms with Crippen molar-refractivity contribution in [3.05, 3.63) is 29.3 Å². The van der Waals surface area contributed by atoms with Gasteiger partial charge < -0.3 is 0 Å². The summed E-state index contributed by atoms with van der Waals surface area (Å²) < 4.78 is 23.8. The monoisotopic (exact) mass is 251 g/mol. The molecule has 0 bridgehead atoms. The van der Waals surface area contributed by atoms with Gasteiger partial charge in [-0.15, -0.1) is 0 Å². The van der Waals surface area contributed by atoms with E-state index < -0.39 is 15.6 Å². The van der Waals surface area contributed by atoms with E-state index in [-0.39, 0.29) is 10.3 Å². The summed E-state index contributed by atoms with van der Waals surface area (Å²) in [5.74, 6) is -0.471. The molecule has 0 aliphatic heterocycles. The maximum Gasteiger partial charge on any atom is 0.191 e. The number of rotatable bonds is 2. The van der Waals surface area contributed by atoms with Crippen LogP contribution in [0, 0.1) is 18.3 Å². The van der Waals surface area contributed by atoms with Crippen molar-refractivity contribution in [2.45, 2.75) is 38.0 Å². The van der Waals surface area contributed by atoms with Gasteiger partial charge in [-0.25, -0.2) is 8.42 Å². The molecule has 1 aromatic rings. The molecule has 0 aliphatic carbocycles. The quantitative estimate of drug-likeness (QED) is 0.811. The molecule has 92 valence electrons. The lowest BCUT2D eigenvalue weighted by atomic mass is 9.87. The summed E-state index contributed by atoms with van der Waals surface area (Å²) in [4.78, 5) is 0.270. The van der Waals surface area contributed by atoms with Crippen LogP contribution >= 0.6 is 0 Å². The van der Waals surface area contributed by atoms with Crippen molar-refractivity contribution in [3.8, 4) is 6.07 Å². The number of sulfone groups is 1. The largest absolute Gasteiger partial charge is 0.223 e. The fourth-order valence-corrected chi connectivity index (χ4v) is 2.75. The lowest BCUT2D eigenvalue weighted by Crippen LogP contribution is -2.14. The Kier molecular flexibility index (Phi) is 3.63. The smallest absolute Gasteiger partial charge is 0.191 e. The molecule has 0 fully saturated rings. The highest BCUT2D eigenvalue weighted by molar-refractivity contribution is 7.91. The van der Waals surface area contributed by atoms with Crippen LogP contribution in [0.4, 0.5) is 0 Å². The Morgan fingerprint density at radius 2 is 1.88 bits per heavy atom. The fourth-order valence-electron chi connectivity index (χ4n) is 1.56. The van der Waals surface area contributed by atoms with Crippen LogP contribution in [0.25, 0.3) is 0 Å². The molecule has 1 rings (SSSR count). The van der Waals surface area contributed by atoms with E-state index >= 15 is 0 Å². The van der Waals surface area contributed by atoms with Crippen LogP contribution in [0.15, 0.2) is 23.1 Å². The number of benzene rings is 1. The van der Waals surface area contributed by atoms with Gasteiger partial charge in [-0.2, -0.15) is 5.26 Å². The van der Waals surface area contributed by atoms with Gasteiger partial charge in [-0.05, 0) is 29.5 Å². The molecule has 0 heterocycles. The standard InChI is InChI=1S/C13H17NO2S/c1-10-5-6-11(13(2,3)4)9-12(10)17(15,16)8-7-14/h5-6,9H,8H2,1-4H3. The van der Waals surface area contributed by atoms with E-state index in [9.17, 15) is 8.42 Å². The molecule has 17 heavy (non-hydrogen) atoms. The molecule has 0 amide bonds. The van der Waals surface area contributed by atoms with E-state index in [0.29, 0.717) is 5.56 Å². The number of nitrogens with zero attached hydrogens (tertiary/aromatic N) is 1. The third-order valence-corrected chi connectivity index (χ3v) is 4.26. The number of hydrogen-bond donors (Lipinski definition) is 0. The molecule has 0 unspecified atom stereocenters. The molecule has 0 spiro atoms. The zero-order chi connectivity index (χ0) is 13.3. The predicted molar refractivity (Wildman–Crippen MR) is 67.5 cm³/mol. The summed E-state index contributed by atoms with van der Waals surface area (Å²) in [7, 11) is -3.48. The van der Waals surface area contributed by atoms with Crippen LogP contribution in [0.5, 0.6) is 0 Å². The average molecular weight is 251 g/mol. The van der Waals surface area contributed by atoms with Crippen LogP contribution in [-0.4, -0.2) is 14.2 Å². The third-order valence-electron chi connectivity index (χ3n) is 2.64. The van der Waals surface area contributed by atoms with Crippen LogP contribution in [0.1, 0.15) is 31.9 Å². The Bertz CT molecular complexity index is 560. The second-order valence-corrected chi connectivity index (χ2v) is 7.11. The third kappa shape index (κ3) is 3.07. The van der Waals surface area contributed by atoms with Crippen molar-refractivity contribution >= 4 is 9.84 Å². The highest BCUT2D eigenvalue weighted by atomic mass is 32.2. The van der Waals surface area contributed by atoms with E-state index in [1.54, 1.807) is 25.1 Å². The average Bonchev–Trinajstić information content (AvgIpc) is 2.15. The topological polar surface area (TPSA) is 57.9 Å². The minimum atomic E-state index is -3.48. The van der Waals surface area contributed by atoms with Crippen LogP contribution in [0.2, 0.25) is 0 Å². The SMILES string of the molecule is Cc1ccc(C(C)(C)C)cc1S(=O)(=O)CC#N. The summed E-state index contributed by atoms with van der Waals surface area (Å²) in [6.45, 7) is 7.83. The zero-order valence-electron chi connectivity index (χ0n) is 10.6. The van der Waals surface area contributed by atoms with Crippen molar-refractivity contribution in [3.63, 3.8) is 0 Å². The first-order chi connectivity index (χ1) is 7.68. The highest BCUT2D eigenvalue weighted by Crippen LogP contribution is 2.27. The molecule has 1 aromatic carbocycles. The molecular weight excluding hydrogens is 234 g/mol. The normalized spacial score (nSPS) is 12.2. The second-order valence-electron chi connectivity index (χ2n) is 5.15. The van der Waals surface area contributed by atoms with Gasteiger partial charge in [0.15, 0.2) is 9.84 Å². The summed E-state index contributed by atoms with van der Waals surface area (Å²) in [6, 6.07) is 7.11. The molecule has 0 aliphatic rings. The van der Waals surface area contributed by atoms with Crippen LogP contribution in [-0.2, 0) is 15.3 Å². The molecule has 0 atom stereocenters.